The highest BCUT2D eigenvalue weighted by Gasteiger charge is 2.23. The molecule has 0 atom stereocenters. The van der Waals surface area contributed by atoms with Gasteiger partial charge in [-0.2, -0.15) is 0 Å². The number of piperidine rings is 2. The average Bonchev–Trinajstić information content (AvgIpc) is 3.89. The number of nitrogens with zero attached hydrogens (tertiary/aromatic N) is 4. The number of aromatic nitrogens is 2. The molecule has 6 aromatic rings. The number of hydrogen-bond acceptors (Lipinski definition) is 12. The predicted octanol–water partition coefficient (Wildman–Crippen LogP) is 12.2. The zero-order chi connectivity index (χ0) is 43.1. The van der Waals surface area contributed by atoms with Crippen LogP contribution < -0.4 is 14.5 Å². The Morgan fingerprint density at radius 1 is 0.689 bits per heavy atom. The van der Waals surface area contributed by atoms with Crippen LogP contribution in [0.3, 0.4) is 0 Å². The van der Waals surface area contributed by atoms with Crippen molar-refractivity contribution in [1.82, 2.24) is 9.97 Å². The Morgan fingerprint density at radius 2 is 1.18 bits per heavy atom. The van der Waals surface area contributed by atoms with E-state index in [1.165, 1.54) is 29.7 Å². The first kappa shape index (κ1) is 46.2. The third-order valence-corrected chi connectivity index (χ3v) is 13.3. The number of rotatable bonds is 12. The number of thiazole rings is 2. The number of hydrogen-bond donors (Lipinski definition) is 1. The highest BCUT2D eigenvalue weighted by atomic mass is 35.5. The van der Waals surface area contributed by atoms with Crippen LogP contribution in [0.1, 0.15) is 73.1 Å². The number of phenolic OH excluding ortho intramolecular Hbond substituents is 1. The Labute approximate surface area is 380 Å². The first-order valence-electron chi connectivity index (χ1n) is 20.7. The van der Waals surface area contributed by atoms with Crippen molar-refractivity contribution in [2.24, 2.45) is 11.8 Å². The lowest BCUT2D eigenvalue weighted by atomic mass is 9.94. The van der Waals surface area contributed by atoms with E-state index in [-0.39, 0.29) is 11.7 Å². The lowest BCUT2D eigenvalue weighted by molar-refractivity contribution is 0.0516. The summed E-state index contributed by atoms with van der Waals surface area (Å²) >= 11 is 21.4. The molecule has 1 N–H and O–H groups in total. The molecule has 8 rings (SSSR count). The van der Waals surface area contributed by atoms with E-state index in [9.17, 15) is 9.59 Å². The van der Waals surface area contributed by atoms with Gasteiger partial charge in [0, 0.05) is 42.1 Å². The van der Waals surface area contributed by atoms with Gasteiger partial charge in [-0.05, 0) is 137 Å². The second-order valence-corrected chi connectivity index (χ2v) is 18.0. The number of carbonyl (C=O) groups is 2. The molecule has 2 fully saturated rings. The molecule has 0 radical (unpaired) electrons. The first-order chi connectivity index (χ1) is 29.6. The minimum atomic E-state index is -0.409. The van der Waals surface area contributed by atoms with Crippen LogP contribution in [0.5, 0.6) is 11.5 Å². The van der Waals surface area contributed by atoms with Gasteiger partial charge in [0.1, 0.15) is 11.5 Å². The Balaban J connectivity index is 0.000000171. The quantitative estimate of drug-likeness (QED) is 0.0940. The van der Waals surface area contributed by atoms with Crippen LogP contribution in [0, 0.1) is 11.8 Å². The third-order valence-electron chi connectivity index (χ3n) is 10.5. The molecule has 2 aromatic heterocycles. The molecular formula is C46H51Cl3N4O6S2. The van der Waals surface area contributed by atoms with Gasteiger partial charge in [-0.25, -0.2) is 19.6 Å². The van der Waals surface area contributed by atoms with Gasteiger partial charge in [0.25, 0.3) is 0 Å². The van der Waals surface area contributed by atoms with E-state index >= 15 is 0 Å². The summed E-state index contributed by atoms with van der Waals surface area (Å²) in [5.74, 6) is 2.27. The number of anilines is 2. The van der Waals surface area contributed by atoms with E-state index < -0.39 is 5.97 Å². The SMILES string of the molecule is CCOC(=O)c1cccc(O)c1.CCOC(=O)c1cccc(OCCC2CCN(c3nc4ccc(Cl)cc4s3)CC2)c1.ClCCC1CCN(c2nc3ccc(Cl)cc3s2)CC1. The van der Waals surface area contributed by atoms with Gasteiger partial charge in [-0.1, -0.05) is 58.0 Å². The van der Waals surface area contributed by atoms with Crippen molar-refractivity contribution in [3.05, 3.63) is 106 Å². The smallest absolute Gasteiger partial charge is 0.338 e. The number of carbonyl (C=O) groups excluding carboxylic acids is 2. The van der Waals surface area contributed by atoms with Gasteiger partial charge in [0.2, 0.25) is 0 Å². The molecule has 0 spiro atoms. The third kappa shape index (κ3) is 13.6. The number of phenols is 1. The minimum absolute atomic E-state index is 0.0700. The first-order valence-corrected chi connectivity index (χ1v) is 23.6. The number of halogens is 3. The van der Waals surface area contributed by atoms with Crippen molar-refractivity contribution in [2.45, 2.75) is 52.4 Å². The number of benzene rings is 4. The van der Waals surface area contributed by atoms with Crippen LogP contribution in [-0.2, 0) is 9.47 Å². The van der Waals surface area contributed by atoms with Gasteiger partial charge in [-0.15, -0.1) is 11.6 Å². The highest BCUT2D eigenvalue weighted by Crippen LogP contribution is 2.35. The summed E-state index contributed by atoms with van der Waals surface area (Å²) in [7, 11) is 0. The van der Waals surface area contributed by atoms with Crippen LogP contribution in [0.15, 0.2) is 84.9 Å². The minimum Gasteiger partial charge on any atom is -0.508 e. The topological polar surface area (TPSA) is 114 Å². The van der Waals surface area contributed by atoms with Crippen LogP contribution >= 0.6 is 57.5 Å². The lowest BCUT2D eigenvalue weighted by Gasteiger charge is -2.31. The summed E-state index contributed by atoms with van der Waals surface area (Å²) < 4.78 is 18.0. The fraction of sp³-hybridized carbons (Fsp3) is 0.391. The summed E-state index contributed by atoms with van der Waals surface area (Å²) in [6.45, 7) is 9.10. The second kappa shape index (κ2) is 23.2. The van der Waals surface area contributed by atoms with Crippen molar-refractivity contribution in [1.29, 1.82) is 0 Å². The van der Waals surface area contributed by atoms with E-state index in [1.807, 2.05) is 48.5 Å². The molecule has 4 heterocycles. The molecule has 61 heavy (non-hydrogen) atoms. The predicted molar refractivity (Wildman–Crippen MR) is 251 cm³/mol. The van der Waals surface area contributed by atoms with Gasteiger partial charge in [0.15, 0.2) is 10.3 Å². The van der Waals surface area contributed by atoms with Gasteiger partial charge in [0.05, 0.1) is 51.4 Å². The largest absolute Gasteiger partial charge is 0.508 e. The maximum atomic E-state index is 11.8. The van der Waals surface area contributed by atoms with E-state index in [2.05, 4.69) is 9.80 Å². The fourth-order valence-electron chi connectivity index (χ4n) is 7.14. The molecule has 10 nitrogen and oxygen atoms in total. The second-order valence-electron chi connectivity index (χ2n) is 14.7. The maximum absolute atomic E-state index is 11.8. The number of esters is 2. The number of alkyl halides is 1. The monoisotopic (exact) mass is 924 g/mol. The van der Waals surface area contributed by atoms with Crippen molar-refractivity contribution >= 4 is 100 Å². The Morgan fingerprint density at radius 3 is 1.67 bits per heavy atom. The zero-order valence-electron chi connectivity index (χ0n) is 34.4. The summed E-state index contributed by atoms with van der Waals surface area (Å²) in [5.41, 5.74) is 2.96. The molecular weight excluding hydrogens is 875 g/mol. The summed E-state index contributed by atoms with van der Waals surface area (Å²) in [5, 5.41) is 12.8. The summed E-state index contributed by atoms with van der Waals surface area (Å²) in [6.07, 6.45) is 6.86. The van der Waals surface area contributed by atoms with Crippen molar-refractivity contribution in [3.8, 4) is 11.5 Å². The van der Waals surface area contributed by atoms with Crippen molar-refractivity contribution in [2.75, 3.05) is 61.7 Å². The number of ether oxygens (including phenoxy) is 3. The molecule has 0 unspecified atom stereocenters. The molecule has 0 aliphatic carbocycles. The summed E-state index contributed by atoms with van der Waals surface area (Å²) in [6, 6.07) is 25.0. The number of aromatic hydroxyl groups is 1. The van der Waals surface area contributed by atoms with Gasteiger partial charge >= 0.3 is 11.9 Å². The van der Waals surface area contributed by atoms with Crippen molar-refractivity contribution in [3.63, 3.8) is 0 Å². The normalized spacial score (nSPS) is 14.5. The van der Waals surface area contributed by atoms with Gasteiger partial charge < -0.3 is 29.1 Å². The van der Waals surface area contributed by atoms with Crippen LogP contribution in [0.2, 0.25) is 10.0 Å². The molecule has 0 bridgehead atoms. The lowest BCUT2D eigenvalue weighted by Crippen LogP contribution is -2.34. The molecule has 4 aromatic carbocycles. The maximum Gasteiger partial charge on any atom is 0.338 e. The van der Waals surface area contributed by atoms with Crippen LogP contribution in [0.25, 0.3) is 20.4 Å². The molecule has 15 heteroatoms. The number of fused-ring (bicyclic) bond motifs is 2. The molecule has 2 aliphatic heterocycles. The van der Waals surface area contributed by atoms with Crippen LogP contribution in [-0.4, -0.2) is 78.9 Å². The van der Waals surface area contributed by atoms with Crippen LogP contribution in [0.4, 0.5) is 10.3 Å². The van der Waals surface area contributed by atoms with Crippen molar-refractivity contribution < 1.29 is 28.9 Å². The van der Waals surface area contributed by atoms with Gasteiger partial charge in [-0.3, -0.25) is 0 Å². The van der Waals surface area contributed by atoms with E-state index in [0.717, 1.165) is 99.7 Å². The molecule has 2 saturated heterocycles. The summed E-state index contributed by atoms with van der Waals surface area (Å²) in [4.78, 5) is 37.1. The Hall–Kier alpha value is -4.33. The van der Waals surface area contributed by atoms with E-state index in [4.69, 9.17) is 64.1 Å². The van der Waals surface area contributed by atoms with E-state index in [1.54, 1.807) is 60.8 Å². The molecule has 0 saturated carbocycles. The Kier molecular flexibility index (Phi) is 17.6. The molecule has 2 aliphatic rings. The Bertz CT molecular complexity index is 2340. The highest BCUT2D eigenvalue weighted by molar-refractivity contribution is 7.22. The fourth-order valence-corrected chi connectivity index (χ4v) is 10.0. The molecule has 0 amide bonds. The average molecular weight is 926 g/mol. The van der Waals surface area contributed by atoms with E-state index in [0.29, 0.717) is 42.6 Å². The standard InChI is InChI=1S/C23H25ClN2O3S.C14H16Cl2N2S.C9H10O3/c1-2-28-22(27)17-4-3-5-19(14-17)29-13-10-16-8-11-26(12-9-16)23-25-20-7-6-18(24)15-21(20)30-23;15-6-3-10-4-7-18(8-5-10)14-17-12-2-1-11(16)9-13(12)19-14;1-2-12-9(11)7-4-3-5-8(10)6-7/h3-7,14-16H,2,8-13H2,1H3;1-2,9-10H,3-8H2;3-6,10H,2H2,1H3. The molecule has 324 valence electrons. The zero-order valence-corrected chi connectivity index (χ0v) is 38.3.